The van der Waals surface area contributed by atoms with Crippen LogP contribution in [0.15, 0.2) is 72.8 Å². The standard InChI is InChI=1S/C19H14FNO3/c20-14-3-1-2-13(12-14)19(24)21(15-4-8-17(22)9-5-15)16-6-10-18(23)11-7-16/h1-12,22-23H. The summed E-state index contributed by atoms with van der Waals surface area (Å²) in [7, 11) is 0. The summed E-state index contributed by atoms with van der Waals surface area (Å²) in [4.78, 5) is 14.3. The number of anilines is 2. The molecule has 0 heterocycles. The van der Waals surface area contributed by atoms with Crippen molar-refractivity contribution in [3.8, 4) is 11.5 Å². The van der Waals surface area contributed by atoms with Crippen LogP contribution in [0.1, 0.15) is 10.4 Å². The number of rotatable bonds is 3. The van der Waals surface area contributed by atoms with Gasteiger partial charge in [-0.05, 0) is 66.7 Å². The van der Waals surface area contributed by atoms with E-state index < -0.39 is 11.7 Å². The summed E-state index contributed by atoms with van der Waals surface area (Å²) >= 11 is 0. The predicted molar refractivity (Wildman–Crippen MR) is 89.1 cm³/mol. The molecule has 0 aliphatic rings. The van der Waals surface area contributed by atoms with Crippen LogP contribution in [-0.4, -0.2) is 16.1 Å². The zero-order valence-corrected chi connectivity index (χ0v) is 12.6. The van der Waals surface area contributed by atoms with Crippen molar-refractivity contribution in [2.24, 2.45) is 0 Å². The van der Waals surface area contributed by atoms with Gasteiger partial charge in [-0.15, -0.1) is 0 Å². The van der Waals surface area contributed by atoms with Gasteiger partial charge in [-0.1, -0.05) is 6.07 Å². The number of halogens is 1. The molecule has 0 unspecified atom stereocenters. The van der Waals surface area contributed by atoms with Gasteiger partial charge in [-0.2, -0.15) is 0 Å². The first kappa shape index (κ1) is 15.6. The zero-order valence-electron chi connectivity index (χ0n) is 12.6. The fourth-order valence-electron chi connectivity index (χ4n) is 2.34. The van der Waals surface area contributed by atoms with Crippen LogP contribution in [0.4, 0.5) is 15.8 Å². The molecule has 1 amide bonds. The molecule has 4 nitrogen and oxygen atoms in total. The third kappa shape index (κ3) is 3.20. The molecule has 0 aliphatic carbocycles. The Bertz CT molecular complexity index is 815. The number of nitrogens with zero attached hydrogens (tertiary/aromatic N) is 1. The lowest BCUT2D eigenvalue weighted by molar-refractivity contribution is 0.0998. The number of benzene rings is 3. The van der Waals surface area contributed by atoms with E-state index in [1.807, 2.05) is 0 Å². The minimum absolute atomic E-state index is 0.0719. The molecule has 3 aromatic carbocycles. The summed E-state index contributed by atoms with van der Waals surface area (Å²) in [5.74, 6) is -0.784. The smallest absolute Gasteiger partial charge is 0.262 e. The van der Waals surface area contributed by atoms with Gasteiger partial charge < -0.3 is 10.2 Å². The number of hydrogen-bond donors (Lipinski definition) is 2. The highest BCUT2D eigenvalue weighted by Crippen LogP contribution is 2.30. The second-order valence-corrected chi connectivity index (χ2v) is 5.18. The van der Waals surface area contributed by atoms with Crippen LogP contribution in [-0.2, 0) is 0 Å². The van der Waals surface area contributed by atoms with Gasteiger partial charge in [-0.3, -0.25) is 9.69 Å². The number of amides is 1. The van der Waals surface area contributed by atoms with Crippen molar-refractivity contribution < 1.29 is 19.4 Å². The number of aromatic hydroxyl groups is 2. The van der Waals surface area contributed by atoms with Crippen molar-refractivity contribution in [1.82, 2.24) is 0 Å². The molecule has 0 saturated carbocycles. The van der Waals surface area contributed by atoms with Crippen LogP contribution in [0.25, 0.3) is 0 Å². The van der Waals surface area contributed by atoms with Gasteiger partial charge in [0, 0.05) is 16.9 Å². The lowest BCUT2D eigenvalue weighted by Gasteiger charge is -2.23. The topological polar surface area (TPSA) is 60.8 Å². The maximum Gasteiger partial charge on any atom is 0.262 e. The highest BCUT2D eigenvalue weighted by Gasteiger charge is 2.20. The Hall–Kier alpha value is -3.34. The van der Waals surface area contributed by atoms with Gasteiger partial charge in [0.15, 0.2) is 0 Å². The minimum Gasteiger partial charge on any atom is -0.508 e. The quantitative estimate of drug-likeness (QED) is 0.759. The van der Waals surface area contributed by atoms with Crippen molar-refractivity contribution in [1.29, 1.82) is 0 Å². The molecular formula is C19H14FNO3. The second kappa shape index (κ2) is 6.42. The molecule has 0 saturated heterocycles. The third-order valence-electron chi connectivity index (χ3n) is 3.49. The zero-order chi connectivity index (χ0) is 17.1. The first-order valence-electron chi connectivity index (χ1n) is 7.23. The Morgan fingerprint density at radius 2 is 1.29 bits per heavy atom. The molecular weight excluding hydrogens is 309 g/mol. The summed E-state index contributed by atoms with van der Waals surface area (Å²) in [5, 5.41) is 18.9. The average Bonchev–Trinajstić information content (AvgIpc) is 2.58. The molecule has 3 rings (SSSR count). The molecule has 0 radical (unpaired) electrons. The van der Waals surface area contributed by atoms with Crippen LogP contribution in [0, 0.1) is 5.82 Å². The predicted octanol–water partition coefficient (Wildman–Crippen LogP) is 4.22. The molecule has 3 aromatic rings. The maximum atomic E-state index is 13.5. The lowest BCUT2D eigenvalue weighted by atomic mass is 10.1. The largest absolute Gasteiger partial charge is 0.508 e. The highest BCUT2D eigenvalue weighted by molar-refractivity contribution is 6.10. The van der Waals surface area contributed by atoms with Gasteiger partial charge in [-0.25, -0.2) is 4.39 Å². The van der Waals surface area contributed by atoms with E-state index in [2.05, 4.69) is 0 Å². The number of phenols is 2. The number of carbonyl (C=O) groups excluding carboxylic acids is 1. The van der Waals surface area contributed by atoms with Gasteiger partial charge in [0.25, 0.3) is 5.91 Å². The van der Waals surface area contributed by atoms with Crippen molar-refractivity contribution in [2.45, 2.75) is 0 Å². The molecule has 0 fully saturated rings. The second-order valence-electron chi connectivity index (χ2n) is 5.18. The third-order valence-corrected chi connectivity index (χ3v) is 3.49. The van der Waals surface area contributed by atoms with E-state index in [1.54, 1.807) is 24.3 Å². The fraction of sp³-hybridized carbons (Fsp3) is 0. The van der Waals surface area contributed by atoms with E-state index in [4.69, 9.17) is 0 Å². The maximum absolute atomic E-state index is 13.5. The summed E-state index contributed by atoms with van der Waals surface area (Å²) < 4.78 is 13.5. The van der Waals surface area contributed by atoms with E-state index in [0.717, 1.165) is 6.07 Å². The van der Waals surface area contributed by atoms with Crippen LogP contribution in [0.2, 0.25) is 0 Å². The average molecular weight is 323 g/mol. The van der Waals surface area contributed by atoms with E-state index in [-0.39, 0.29) is 17.1 Å². The van der Waals surface area contributed by atoms with Crippen molar-refractivity contribution >= 4 is 17.3 Å². The SMILES string of the molecule is O=C(c1cccc(F)c1)N(c1ccc(O)cc1)c1ccc(O)cc1. The van der Waals surface area contributed by atoms with Gasteiger partial charge in [0.1, 0.15) is 17.3 Å². The number of phenolic OH excluding ortho intramolecular Hbond substituents is 2. The lowest BCUT2D eigenvalue weighted by Crippen LogP contribution is -2.25. The summed E-state index contributed by atoms with van der Waals surface area (Å²) in [5.41, 5.74) is 1.21. The Morgan fingerprint density at radius 3 is 1.75 bits per heavy atom. The molecule has 0 aromatic heterocycles. The van der Waals surface area contributed by atoms with Gasteiger partial charge >= 0.3 is 0 Å². The van der Waals surface area contributed by atoms with Crippen molar-refractivity contribution in [3.05, 3.63) is 84.2 Å². The van der Waals surface area contributed by atoms with E-state index in [0.29, 0.717) is 11.4 Å². The summed E-state index contributed by atoms with van der Waals surface area (Å²) in [6.07, 6.45) is 0. The monoisotopic (exact) mass is 323 g/mol. The Morgan fingerprint density at radius 1 is 0.792 bits per heavy atom. The van der Waals surface area contributed by atoms with Crippen molar-refractivity contribution in [2.75, 3.05) is 4.90 Å². The number of carbonyl (C=O) groups is 1. The summed E-state index contributed by atoms with van der Waals surface area (Å²) in [6.45, 7) is 0. The van der Waals surface area contributed by atoms with Gasteiger partial charge in [0.05, 0.1) is 0 Å². The van der Waals surface area contributed by atoms with Crippen LogP contribution in [0.3, 0.4) is 0 Å². The Kier molecular flexibility index (Phi) is 4.16. The molecule has 2 N–H and O–H groups in total. The first-order chi connectivity index (χ1) is 11.5. The molecule has 120 valence electrons. The summed E-state index contributed by atoms with van der Waals surface area (Å²) in [6, 6.07) is 17.6. The number of hydrogen-bond acceptors (Lipinski definition) is 3. The van der Waals surface area contributed by atoms with Crippen LogP contribution in [0.5, 0.6) is 11.5 Å². The first-order valence-corrected chi connectivity index (χ1v) is 7.23. The molecule has 0 aliphatic heterocycles. The van der Waals surface area contributed by atoms with Gasteiger partial charge in [0.2, 0.25) is 0 Å². The van der Waals surface area contributed by atoms with Crippen molar-refractivity contribution in [3.63, 3.8) is 0 Å². The molecule has 0 atom stereocenters. The normalized spacial score (nSPS) is 10.4. The fourth-order valence-corrected chi connectivity index (χ4v) is 2.34. The Labute approximate surface area is 138 Å². The van der Waals surface area contributed by atoms with E-state index in [9.17, 15) is 19.4 Å². The molecule has 0 bridgehead atoms. The van der Waals surface area contributed by atoms with Crippen LogP contribution >= 0.6 is 0 Å². The van der Waals surface area contributed by atoms with E-state index in [1.165, 1.54) is 47.4 Å². The van der Waals surface area contributed by atoms with Crippen LogP contribution < -0.4 is 4.90 Å². The van der Waals surface area contributed by atoms with E-state index >= 15 is 0 Å². The highest BCUT2D eigenvalue weighted by atomic mass is 19.1. The molecule has 5 heteroatoms. The minimum atomic E-state index is -0.503. The molecule has 0 spiro atoms. The Balaban J connectivity index is 2.09. The molecule has 24 heavy (non-hydrogen) atoms.